The summed E-state index contributed by atoms with van der Waals surface area (Å²) in [5.74, 6) is -0.0960. The molecule has 0 unspecified atom stereocenters. The van der Waals surface area contributed by atoms with Crippen molar-refractivity contribution >= 4 is 17.7 Å². The number of aryl methyl sites for hydroxylation is 1. The molecule has 5 atom stereocenters. The molecule has 1 aromatic rings. The highest BCUT2D eigenvalue weighted by Gasteiger charge is 2.53. The molecule has 9 nitrogen and oxygen atoms in total. The van der Waals surface area contributed by atoms with E-state index in [1.165, 1.54) is 0 Å². The van der Waals surface area contributed by atoms with Crippen molar-refractivity contribution < 1.29 is 14.4 Å². The average molecular weight is 465 g/mol. The van der Waals surface area contributed by atoms with E-state index in [0.29, 0.717) is 31.6 Å². The summed E-state index contributed by atoms with van der Waals surface area (Å²) in [5, 5.41) is 9.28. The smallest absolute Gasteiger partial charge is 0.253 e. The van der Waals surface area contributed by atoms with Gasteiger partial charge in [-0.3, -0.25) is 19.3 Å². The van der Waals surface area contributed by atoms with Crippen LogP contribution in [0.15, 0.2) is 18.2 Å². The van der Waals surface area contributed by atoms with E-state index in [2.05, 4.69) is 11.0 Å². The Kier molecular flexibility index (Phi) is 5.82. The molecule has 180 valence electrons. The number of piperazine rings is 1. The van der Waals surface area contributed by atoms with E-state index in [-0.39, 0.29) is 41.9 Å². The van der Waals surface area contributed by atoms with Crippen LogP contribution in [0.2, 0.25) is 0 Å². The number of rotatable bonds is 5. The van der Waals surface area contributed by atoms with Crippen LogP contribution in [0, 0.1) is 11.3 Å². The maximum atomic E-state index is 13.4. The lowest BCUT2D eigenvalue weighted by Crippen LogP contribution is -2.56. The Hall–Kier alpha value is -2.96. The zero-order valence-electron chi connectivity index (χ0n) is 19.8. The van der Waals surface area contributed by atoms with Gasteiger partial charge in [-0.1, -0.05) is 6.07 Å². The van der Waals surface area contributed by atoms with Crippen molar-refractivity contribution in [1.29, 1.82) is 5.26 Å². The van der Waals surface area contributed by atoms with Crippen LogP contribution in [0.1, 0.15) is 53.2 Å². The first kappa shape index (κ1) is 22.8. The first-order valence-electron chi connectivity index (χ1n) is 12.2. The molecule has 0 radical (unpaired) electrons. The van der Waals surface area contributed by atoms with Crippen molar-refractivity contribution in [3.8, 4) is 6.07 Å². The summed E-state index contributed by atoms with van der Waals surface area (Å²) in [6, 6.07) is 6.83. The predicted octanol–water partition coefficient (Wildman–Crippen LogP) is 0.503. The molecule has 2 N–H and O–H groups in total. The molecule has 9 heteroatoms. The van der Waals surface area contributed by atoms with Crippen molar-refractivity contribution in [3.63, 3.8) is 0 Å². The summed E-state index contributed by atoms with van der Waals surface area (Å²) in [7, 11) is 3.49. The zero-order chi connectivity index (χ0) is 24.1. The molecule has 0 spiro atoms. The van der Waals surface area contributed by atoms with Crippen molar-refractivity contribution in [1.82, 2.24) is 19.6 Å². The first-order valence-corrected chi connectivity index (χ1v) is 12.2. The number of likely N-dealkylation sites (tertiary alicyclic amines) is 3. The number of hydrogen-bond donors (Lipinski definition) is 1. The highest BCUT2D eigenvalue weighted by atomic mass is 16.2. The van der Waals surface area contributed by atoms with Crippen molar-refractivity contribution in [2.24, 2.45) is 5.73 Å². The molecular formula is C25H32N6O3. The SMILES string of the molecule is CN(C)C(=O)c1ccc2c(c1)CC[C@@H]2N1C(=O)[C@@H]2C[C@H]1CN2C[C@H](N)C(=O)N1CCC[C@H]1C#N. The predicted molar refractivity (Wildman–Crippen MR) is 124 cm³/mol. The van der Waals surface area contributed by atoms with Gasteiger partial charge in [0.15, 0.2) is 0 Å². The molecule has 2 bridgehead atoms. The number of carbonyl (C=O) groups excluding carboxylic acids is 3. The van der Waals surface area contributed by atoms with E-state index in [9.17, 15) is 19.6 Å². The molecule has 3 heterocycles. The first-order chi connectivity index (χ1) is 16.3. The second kappa shape index (κ2) is 8.67. The van der Waals surface area contributed by atoms with E-state index in [1.54, 1.807) is 23.9 Å². The minimum absolute atomic E-state index is 0.0147. The average Bonchev–Trinajstić information content (AvgIpc) is 3.60. The van der Waals surface area contributed by atoms with Gasteiger partial charge in [-0.15, -0.1) is 0 Å². The third kappa shape index (κ3) is 3.65. The molecule has 1 aromatic carbocycles. The highest BCUT2D eigenvalue weighted by Crippen LogP contribution is 2.44. The number of benzene rings is 1. The van der Waals surface area contributed by atoms with Crippen molar-refractivity contribution in [2.45, 2.75) is 62.3 Å². The van der Waals surface area contributed by atoms with Gasteiger partial charge in [0.25, 0.3) is 5.91 Å². The third-order valence-electron chi connectivity index (χ3n) is 7.93. The maximum Gasteiger partial charge on any atom is 0.253 e. The van der Waals surface area contributed by atoms with Crippen LogP contribution in [0.3, 0.4) is 0 Å². The Morgan fingerprint density at radius 2 is 2.06 bits per heavy atom. The van der Waals surface area contributed by atoms with Gasteiger partial charge in [-0.25, -0.2) is 0 Å². The second-order valence-electron chi connectivity index (χ2n) is 10.2. The summed E-state index contributed by atoms with van der Waals surface area (Å²) >= 11 is 0. The summed E-state index contributed by atoms with van der Waals surface area (Å²) in [4.78, 5) is 45.8. The molecule has 3 amide bonds. The number of amides is 3. The van der Waals surface area contributed by atoms with E-state index in [0.717, 1.165) is 36.8 Å². The van der Waals surface area contributed by atoms with Gasteiger partial charge in [-0.05, 0) is 55.4 Å². The molecule has 34 heavy (non-hydrogen) atoms. The van der Waals surface area contributed by atoms with Gasteiger partial charge in [0.05, 0.1) is 24.2 Å². The number of nitriles is 1. The molecular weight excluding hydrogens is 432 g/mol. The summed E-state index contributed by atoms with van der Waals surface area (Å²) in [6.07, 6.45) is 4.01. The number of nitrogens with two attached hydrogens (primary N) is 1. The third-order valence-corrected chi connectivity index (χ3v) is 7.93. The van der Waals surface area contributed by atoms with Gasteiger partial charge in [0.2, 0.25) is 11.8 Å². The largest absolute Gasteiger partial charge is 0.345 e. The zero-order valence-corrected chi connectivity index (χ0v) is 19.8. The van der Waals surface area contributed by atoms with Crippen LogP contribution < -0.4 is 5.73 Å². The van der Waals surface area contributed by atoms with Gasteiger partial charge < -0.3 is 20.4 Å². The molecule has 3 aliphatic heterocycles. The topological polar surface area (TPSA) is 114 Å². The fourth-order valence-corrected chi connectivity index (χ4v) is 6.28. The summed E-state index contributed by atoms with van der Waals surface area (Å²) in [6.45, 7) is 1.63. The monoisotopic (exact) mass is 464 g/mol. The van der Waals surface area contributed by atoms with E-state index >= 15 is 0 Å². The van der Waals surface area contributed by atoms with Crippen LogP contribution in [0.5, 0.6) is 0 Å². The van der Waals surface area contributed by atoms with E-state index < -0.39 is 6.04 Å². The highest BCUT2D eigenvalue weighted by molar-refractivity contribution is 5.94. The fraction of sp³-hybridized carbons (Fsp3) is 0.600. The van der Waals surface area contributed by atoms with Crippen LogP contribution in [0.25, 0.3) is 0 Å². The van der Waals surface area contributed by atoms with E-state index in [4.69, 9.17) is 5.73 Å². The molecule has 0 aromatic heterocycles. The number of carbonyl (C=O) groups is 3. The molecule has 4 aliphatic rings. The van der Waals surface area contributed by atoms with Gasteiger partial charge in [0, 0.05) is 45.3 Å². The number of nitrogens with zero attached hydrogens (tertiary/aromatic N) is 5. The Morgan fingerprint density at radius 3 is 2.76 bits per heavy atom. The lowest BCUT2D eigenvalue weighted by atomic mass is 10.0. The van der Waals surface area contributed by atoms with Crippen molar-refractivity contribution in [2.75, 3.05) is 33.7 Å². The van der Waals surface area contributed by atoms with Crippen LogP contribution in [-0.4, -0.2) is 95.2 Å². The molecule has 3 saturated heterocycles. The maximum absolute atomic E-state index is 13.4. The minimum Gasteiger partial charge on any atom is -0.345 e. The number of hydrogen-bond acceptors (Lipinski definition) is 6. The lowest BCUT2D eigenvalue weighted by molar-refractivity contribution is -0.141. The Morgan fingerprint density at radius 1 is 1.26 bits per heavy atom. The summed E-state index contributed by atoms with van der Waals surface area (Å²) in [5.41, 5.74) is 9.23. The van der Waals surface area contributed by atoms with Gasteiger partial charge >= 0.3 is 0 Å². The summed E-state index contributed by atoms with van der Waals surface area (Å²) < 4.78 is 0. The molecule has 3 fully saturated rings. The Balaban J connectivity index is 1.25. The quantitative estimate of drug-likeness (QED) is 0.679. The Bertz CT molecular complexity index is 1070. The van der Waals surface area contributed by atoms with Gasteiger partial charge in [-0.2, -0.15) is 5.26 Å². The van der Waals surface area contributed by atoms with Crippen molar-refractivity contribution in [3.05, 3.63) is 34.9 Å². The fourth-order valence-electron chi connectivity index (χ4n) is 6.28. The minimum atomic E-state index is -0.727. The lowest BCUT2D eigenvalue weighted by Gasteiger charge is -2.38. The van der Waals surface area contributed by atoms with Crippen LogP contribution in [-0.2, 0) is 16.0 Å². The molecule has 5 rings (SSSR count). The van der Waals surface area contributed by atoms with Crippen LogP contribution in [0.4, 0.5) is 0 Å². The second-order valence-corrected chi connectivity index (χ2v) is 10.2. The van der Waals surface area contributed by atoms with Gasteiger partial charge in [0.1, 0.15) is 6.04 Å². The number of fused-ring (bicyclic) bond motifs is 3. The standard InChI is InChI=1S/C25H32N6O3/c1-28(2)23(32)16-5-7-19-15(10-16)6-8-21(19)31-18-11-22(25(31)34)29(13-18)14-20(27)24(33)30-9-3-4-17(30)12-26/h5,7,10,17-18,20-22H,3-4,6,8-9,11,13-14,27H2,1-2H3/t17-,18-,20-,21-,22-/m0/s1. The Labute approximate surface area is 200 Å². The van der Waals surface area contributed by atoms with E-state index in [1.807, 2.05) is 23.1 Å². The molecule has 0 saturated carbocycles. The molecule has 1 aliphatic carbocycles. The normalized spacial score (nSPS) is 28.8. The van der Waals surface area contributed by atoms with Crippen LogP contribution >= 0.6 is 0 Å².